The van der Waals surface area contributed by atoms with Gasteiger partial charge in [-0.05, 0) is 49.3 Å². The van der Waals surface area contributed by atoms with E-state index in [0.717, 1.165) is 17.1 Å². The lowest BCUT2D eigenvalue weighted by Crippen LogP contribution is -2.53. The molecule has 1 heterocycles. The summed E-state index contributed by atoms with van der Waals surface area (Å²) in [4.78, 5) is 11.1. The van der Waals surface area contributed by atoms with Gasteiger partial charge in [-0.1, -0.05) is 13.0 Å². The standard InChI is InChI=1S/C21H32N2O5/c1-13-18(9-23(21(13)14(2)26)22-17(10-24)11-25)16-6-7-19(27-3)20(8-16)28-12-15-4-5-15/h6-8,10,13-15,17-18,21-22,25-26H,4-5,9,11-12H2,1-3H3/t13-,14+,17-,18-,21-/m0/s1. The Hall–Kier alpha value is -1.67. The summed E-state index contributed by atoms with van der Waals surface area (Å²) in [6.45, 7) is 4.91. The Bertz CT molecular complexity index is 664. The van der Waals surface area contributed by atoms with Crippen LogP contribution in [0.2, 0.25) is 0 Å². The average Bonchev–Trinajstić information content (AvgIpc) is 3.46. The third-order valence-corrected chi connectivity index (χ3v) is 5.90. The molecular weight excluding hydrogens is 360 g/mol. The molecule has 7 heteroatoms. The molecule has 1 aromatic carbocycles. The van der Waals surface area contributed by atoms with Crippen LogP contribution in [0.5, 0.6) is 11.5 Å². The highest BCUT2D eigenvalue weighted by molar-refractivity contribution is 5.57. The van der Waals surface area contributed by atoms with E-state index in [1.54, 1.807) is 14.0 Å². The van der Waals surface area contributed by atoms with Crippen LogP contribution in [-0.2, 0) is 4.79 Å². The van der Waals surface area contributed by atoms with Crippen molar-refractivity contribution in [1.82, 2.24) is 10.4 Å². The molecule has 0 amide bonds. The fraction of sp³-hybridized carbons (Fsp3) is 0.667. The van der Waals surface area contributed by atoms with Crippen molar-refractivity contribution in [3.63, 3.8) is 0 Å². The molecule has 7 nitrogen and oxygen atoms in total. The second kappa shape index (κ2) is 9.22. The SMILES string of the molecule is COc1ccc([C@H]2CN(N[C@@H](C=O)CO)[C@H]([C@@H](C)O)[C@H]2C)cc1OCC1CC1. The molecule has 5 atom stereocenters. The second-order valence-corrected chi connectivity index (χ2v) is 8.07. The van der Waals surface area contributed by atoms with Crippen molar-refractivity contribution in [3.8, 4) is 11.5 Å². The Balaban J connectivity index is 1.80. The first-order chi connectivity index (χ1) is 13.5. The Labute approximate surface area is 166 Å². The number of nitrogens with zero attached hydrogens (tertiary/aromatic N) is 1. The van der Waals surface area contributed by atoms with Gasteiger partial charge in [0.15, 0.2) is 11.5 Å². The van der Waals surface area contributed by atoms with Crippen molar-refractivity contribution >= 4 is 6.29 Å². The van der Waals surface area contributed by atoms with Gasteiger partial charge in [-0.2, -0.15) is 0 Å². The van der Waals surface area contributed by atoms with Crippen molar-refractivity contribution in [2.45, 2.75) is 50.8 Å². The van der Waals surface area contributed by atoms with E-state index >= 15 is 0 Å². The van der Waals surface area contributed by atoms with Crippen LogP contribution in [0.25, 0.3) is 0 Å². The molecule has 0 radical (unpaired) electrons. The van der Waals surface area contributed by atoms with Gasteiger partial charge in [0, 0.05) is 12.5 Å². The van der Waals surface area contributed by atoms with Crippen LogP contribution in [0, 0.1) is 11.8 Å². The van der Waals surface area contributed by atoms with Crippen LogP contribution in [0.15, 0.2) is 18.2 Å². The van der Waals surface area contributed by atoms with Gasteiger partial charge >= 0.3 is 0 Å². The predicted octanol–water partition coefficient (Wildman–Crippen LogP) is 1.33. The Morgan fingerprint density at radius 3 is 2.68 bits per heavy atom. The zero-order valence-electron chi connectivity index (χ0n) is 16.9. The van der Waals surface area contributed by atoms with Gasteiger partial charge in [0.25, 0.3) is 0 Å². The molecule has 0 spiro atoms. The Morgan fingerprint density at radius 1 is 1.36 bits per heavy atom. The summed E-state index contributed by atoms with van der Waals surface area (Å²) in [6.07, 6.45) is 2.55. The molecule has 1 aliphatic heterocycles. The normalized spacial score (nSPS) is 27.4. The first-order valence-corrected chi connectivity index (χ1v) is 10.1. The molecule has 2 aliphatic rings. The van der Waals surface area contributed by atoms with E-state index in [1.165, 1.54) is 12.8 Å². The lowest BCUT2D eigenvalue weighted by Gasteiger charge is -2.31. The number of carbonyl (C=O) groups excluding carboxylic acids is 1. The molecule has 3 rings (SSSR count). The topological polar surface area (TPSA) is 91.3 Å². The third kappa shape index (κ3) is 4.66. The number of hydrazine groups is 1. The average molecular weight is 392 g/mol. The summed E-state index contributed by atoms with van der Waals surface area (Å²) >= 11 is 0. The molecule has 0 aromatic heterocycles. The number of aliphatic hydroxyl groups excluding tert-OH is 2. The van der Waals surface area contributed by atoms with Gasteiger partial charge in [0.05, 0.1) is 38.5 Å². The van der Waals surface area contributed by atoms with Crippen molar-refractivity contribution in [1.29, 1.82) is 0 Å². The van der Waals surface area contributed by atoms with Gasteiger partial charge in [-0.25, -0.2) is 10.4 Å². The highest BCUT2D eigenvalue weighted by atomic mass is 16.5. The van der Waals surface area contributed by atoms with Crippen LogP contribution in [0.4, 0.5) is 0 Å². The quantitative estimate of drug-likeness (QED) is 0.518. The number of nitrogens with one attached hydrogen (secondary N) is 1. The van der Waals surface area contributed by atoms with E-state index in [4.69, 9.17) is 9.47 Å². The largest absolute Gasteiger partial charge is 0.493 e. The summed E-state index contributed by atoms with van der Waals surface area (Å²) in [7, 11) is 1.64. The van der Waals surface area contributed by atoms with Gasteiger partial charge in [0.2, 0.25) is 0 Å². The van der Waals surface area contributed by atoms with Crippen LogP contribution >= 0.6 is 0 Å². The highest BCUT2D eigenvalue weighted by Crippen LogP contribution is 2.41. The van der Waals surface area contributed by atoms with E-state index < -0.39 is 12.1 Å². The number of methoxy groups -OCH3 is 1. The molecule has 1 saturated heterocycles. The summed E-state index contributed by atoms with van der Waals surface area (Å²) in [6, 6.07) is 5.15. The molecule has 1 aromatic rings. The van der Waals surface area contributed by atoms with E-state index in [1.807, 2.05) is 23.2 Å². The van der Waals surface area contributed by atoms with Crippen molar-refractivity contribution in [2.24, 2.45) is 11.8 Å². The van der Waals surface area contributed by atoms with Crippen molar-refractivity contribution in [3.05, 3.63) is 23.8 Å². The summed E-state index contributed by atoms with van der Waals surface area (Å²) in [5.41, 5.74) is 4.17. The maximum absolute atomic E-state index is 11.1. The number of carbonyl (C=O) groups is 1. The minimum Gasteiger partial charge on any atom is -0.493 e. The predicted molar refractivity (Wildman–Crippen MR) is 105 cm³/mol. The molecule has 0 bridgehead atoms. The molecule has 3 N–H and O–H groups in total. The number of aldehydes is 1. The maximum atomic E-state index is 11.1. The first-order valence-electron chi connectivity index (χ1n) is 10.1. The van der Waals surface area contributed by atoms with Crippen LogP contribution in [-0.4, -0.2) is 66.6 Å². The Kier molecular flexibility index (Phi) is 6.93. The lowest BCUT2D eigenvalue weighted by atomic mass is 9.85. The van der Waals surface area contributed by atoms with E-state index in [9.17, 15) is 15.0 Å². The molecule has 1 aliphatic carbocycles. The summed E-state index contributed by atoms with van der Waals surface area (Å²) in [5, 5.41) is 21.6. The highest BCUT2D eigenvalue weighted by Gasteiger charge is 2.43. The summed E-state index contributed by atoms with van der Waals surface area (Å²) < 4.78 is 11.5. The van der Waals surface area contributed by atoms with Crippen molar-refractivity contribution in [2.75, 3.05) is 26.9 Å². The molecule has 2 fully saturated rings. The Morgan fingerprint density at radius 2 is 2.11 bits per heavy atom. The van der Waals surface area contributed by atoms with Crippen LogP contribution in [0.3, 0.4) is 0 Å². The number of aliphatic hydroxyl groups is 2. The number of benzene rings is 1. The lowest BCUT2D eigenvalue weighted by molar-refractivity contribution is -0.112. The fourth-order valence-corrected chi connectivity index (χ4v) is 4.13. The van der Waals surface area contributed by atoms with Gasteiger partial charge in [-0.3, -0.25) is 0 Å². The van der Waals surface area contributed by atoms with Gasteiger partial charge < -0.3 is 24.5 Å². The maximum Gasteiger partial charge on any atom is 0.161 e. The number of ether oxygens (including phenoxy) is 2. The number of hydrogen-bond donors (Lipinski definition) is 3. The van der Waals surface area contributed by atoms with Crippen molar-refractivity contribution < 1.29 is 24.5 Å². The molecular formula is C21H32N2O5. The molecule has 0 unspecified atom stereocenters. The zero-order chi connectivity index (χ0) is 20.3. The number of hydrogen-bond acceptors (Lipinski definition) is 7. The summed E-state index contributed by atoms with van der Waals surface area (Å²) in [5.74, 6) is 2.41. The smallest absolute Gasteiger partial charge is 0.161 e. The minimum absolute atomic E-state index is 0.142. The van der Waals surface area contributed by atoms with Gasteiger partial charge in [-0.15, -0.1) is 0 Å². The van der Waals surface area contributed by atoms with E-state index in [2.05, 4.69) is 12.3 Å². The van der Waals surface area contributed by atoms with Gasteiger partial charge in [0.1, 0.15) is 6.29 Å². The monoisotopic (exact) mass is 392 g/mol. The third-order valence-electron chi connectivity index (χ3n) is 5.90. The number of rotatable bonds is 10. The molecule has 28 heavy (non-hydrogen) atoms. The first kappa shape index (κ1) is 21.0. The van der Waals surface area contributed by atoms with E-state index in [0.29, 0.717) is 25.4 Å². The van der Waals surface area contributed by atoms with Crippen LogP contribution in [0.1, 0.15) is 38.2 Å². The molecule has 156 valence electrons. The minimum atomic E-state index is -0.680. The fourth-order valence-electron chi connectivity index (χ4n) is 4.13. The van der Waals surface area contributed by atoms with E-state index in [-0.39, 0.29) is 24.5 Å². The zero-order valence-corrected chi connectivity index (χ0v) is 16.9. The second-order valence-electron chi connectivity index (χ2n) is 8.07. The molecule has 1 saturated carbocycles. The van der Waals surface area contributed by atoms with Crippen LogP contribution < -0.4 is 14.9 Å².